The SMILES string of the molecule is CCOC(=O)CC1=CC=CS1(Cl)Cl. The molecule has 0 saturated carbocycles. The van der Waals surface area contributed by atoms with Crippen LogP contribution in [-0.2, 0) is 9.53 Å². The van der Waals surface area contributed by atoms with Gasteiger partial charge in [-0.3, -0.25) is 4.79 Å². The molecule has 0 aromatic rings. The number of rotatable bonds is 3. The molecule has 0 atom stereocenters. The highest BCUT2D eigenvalue weighted by Crippen LogP contribution is 2.69. The van der Waals surface area contributed by atoms with E-state index >= 15 is 0 Å². The molecule has 13 heavy (non-hydrogen) atoms. The van der Waals surface area contributed by atoms with E-state index < -0.39 is 8.46 Å². The number of hydrogen-bond donors (Lipinski definition) is 0. The summed E-state index contributed by atoms with van der Waals surface area (Å²) in [7, 11) is 10.1. The van der Waals surface area contributed by atoms with Gasteiger partial charge in [-0.1, -0.05) is 12.2 Å². The van der Waals surface area contributed by atoms with Crippen LogP contribution in [0, 0.1) is 0 Å². The van der Waals surface area contributed by atoms with Gasteiger partial charge in [-0.2, -0.15) is 0 Å². The van der Waals surface area contributed by atoms with Crippen molar-refractivity contribution >= 4 is 35.8 Å². The van der Waals surface area contributed by atoms with E-state index in [1.807, 2.05) is 0 Å². The van der Waals surface area contributed by atoms with Crippen LogP contribution in [-0.4, -0.2) is 12.6 Å². The Kier molecular flexibility index (Phi) is 3.71. The molecule has 5 heteroatoms. The molecular weight excluding hydrogens is 231 g/mol. The van der Waals surface area contributed by atoms with E-state index in [0.29, 0.717) is 6.61 Å². The number of allylic oxidation sites excluding steroid dienone is 2. The van der Waals surface area contributed by atoms with Crippen molar-refractivity contribution in [3.63, 3.8) is 0 Å². The summed E-state index contributed by atoms with van der Waals surface area (Å²) in [4.78, 5) is 11.8. The highest BCUT2D eigenvalue weighted by molar-refractivity contribution is 8.70. The second-order valence-corrected chi connectivity index (χ2v) is 7.66. The van der Waals surface area contributed by atoms with Gasteiger partial charge in [-0.05, 0) is 42.2 Å². The fourth-order valence-corrected chi connectivity index (χ4v) is 2.95. The maximum Gasteiger partial charge on any atom is 0.310 e. The number of halogens is 2. The zero-order chi connectivity index (χ0) is 9.90. The van der Waals surface area contributed by atoms with Crippen LogP contribution in [0.15, 0.2) is 22.5 Å². The average molecular weight is 241 g/mol. The molecule has 0 aromatic carbocycles. The first kappa shape index (κ1) is 11.0. The maximum atomic E-state index is 11.1. The second-order valence-electron chi connectivity index (χ2n) is 2.45. The Bertz CT molecular complexity index is 271. The van der Waals surface area contributed by atoms with E-state index in [-0.39, 0.29) is 12.4 Å². The maximum absolute atomic E-state index is 11.1. The molecule has 74 valence electrons. The highest BCUT2D eigenvalue weighted by Gasteiger charge is 2.25. The third kappa shape index (κ3) is 2.93. The van der Waals surface area contributed by atoms with E-state index in [0.717, 1.165) is 4.91 Å². The minimum absolute atomic E-state index is 0.184. The van der Waals surface area contributed by atoms with Gasteiger partial charge in [0.1, 0.15) is 0 Å². The third-order valence-electron chi connectivity index (χ3n) is 1.51. The van der Waals surface area contributed by atoms with Gasteiger partial charge in [0, 0.05) is 4.91 Å². The summed E-state index contributed by atoms with van der Waals surface area (Å²) in [6.07, 6.45) is 3.72. The van der Waals surface area contributed by atoms with Crippen LogP contribution in [0.2, 0.25) is 0 Å². The molecule has 0 amide bonds. The number of carbonyl (C=O) groups excluding carboxylic acids is 1. The summed E-state index contributed by atoms with van der Waals surface area (Å²) in [6.45, 7) is 2.15. The van der Waals surface area contributed by atoms with Crippen molar-refractivity contribution in [3.8, 4) is 0 Å². The third-order valence-corrected chi connectivity index (χ3v) is 4.79. The van der Waals surface area contributed by atoms with Crippen molar-refractivity contribution < 1.29 is 9.53 Å². The van der Waals surface area contributed by atoms with E-state index in [1.165, 1.54) is 0 Å². The van der Waals surface area contributed by atoms with Crippen molar-refractivity contribution in [2.75, 3.05) is 6.61 Å². The Balaban J connectivity index is 2.52. The first-order chi connectivity index (χ1) is 6.06. The van der Waals surface area contributed by atoms with Crippen molar-refractivity contribution in [2.24, 2.45) is 0 Å². The lowest BCUT2D eigenvalue weighted by atomic mass is 10.4. The zero-order valence-corrected chi connectivity index (χ0v) is 9.46. The highest BCUT2D eigenvalue weighted by atomic mass is 36.0. The Morgan fingerprint density at radius 1 is 1.62 bits per heavy atom. The largest absolute Gasteiger partial charge is 0.466 e. The summed E-state index contributed by atoms with van der Waals surface area (Å²) in [6, 6.07) is 0. The summed E-state index contributed by atoms with van der Waals surface area (Å²) in [5.74, 6) is -0.282. The number of esters is 1. The van der Waals surface area contributed by atoms with Crippen LogP contribution in [0.1, 0.15) is 13.3 Å². The molecule has 0 unspecified atom stereocenters. The predicted octanol–water partition coefficient (Wildman–Crippen LogP) is 3.46. The predicted molar refractivity (Wildman–Crippen MR) is 57.8 cm³/mol. The van der Waals surface area contributed by atoms with E-state index in [2.05, 4.69) is 0 Å². The van der Waals surface area contributed by atoms with Gasteiger partial charge in [0.25, 0.3) is 0 Å². The molecule has 1 heterocycles. The minimum atomic E-state index is -1.88. The molecule has 1 aliphatic rings. The lowest BCUT2D eigenvalue weighted by molar-refractivity contribution is -0.142. The molecule has 0 fully saturated rings. The van der Waals surface area contributed by atoms with Gasteiger partial charge in [-0.15, -0.1) is 0 Å². The van der Waals surface area contributed by atoms with Gasteiger partial charge >= 0.3 is 5.97 Å². The summed E-state index contributed by atoms with van der Waals surface area (Å²) in [5.41, 5.74) is 0. The van der Waals surface area contributed by atoms with E-state index in [9.17, 15) is 4.79 Å². The van der Waals surface area contributed by atoms with Crippen LogP contribution >= 0.6 is 29.8 Å². The Morgan fingerprint density at radius 2 is 2.31 bits per heavy atom. The Labute approximate surface area is 87.9 Å². The normalized spacial score (nSPS) is 21.0. The molecule has 0 N–H and O–H groups in total. The molecule has 0 spiro atoms. The van der Waals surface area contributed by atoms with Crippen molar-refractivity contribution in [1.82, 2.24) is 0 Å². The number of ether oxygens (including phenoxy) is 1. The zero-order valence-electron chi connectivity index (χ0n) is 7.13. The van der Waals surface area contributed by atoms with Crippen LogP contribution in [0.4, 0.5) is 0 Å². The lowest BCUT2D eigenvalue weighted by Crippen LogP contribution is -2.04. The van der Waals surface area contributed by atoms with Gasteiger partial charge in [0.2, 0.25) is 0 Å². The van der Waals surface area contributed by atoms with Crippen molar-refractivity contribution in [1.29, 1.82) is 0 Å². The first-order valence-corrected chi connectivity index (χ1v) is 7.16. The fraction of sp³-hybridized carbons (Fsp3) is 0.375. The van der Waals surface area contributed by atoms with Crippen LogP contribution in [0.3, 0.4) is 0 Å². The molecular formula is C8H10Cl2O2S. The fourth-order valence-electron chi connectivity index (χ4n) is 0.933. The summed E-state index contributed by atoms with van der Waals surface area (Å²) >= 11 is 0. The smallest absolute Gasteiger partial charge is 0.310 e. The monoisotopic (exact) mass is 240 g/mol. The topological polar surface area (TPSA) is 26.3 Å². The molecule has 1 aliphatic heterocycles. The van der Waals surface area contributed by atoms with Gasteiger partial charge in [-0.25, -0.2) is 0 Å². The van der Waals surface area contributed by atoms with Crippen molar-refractivity contribution in [3.05, 3.63) is 22.5 Å². The van der Waals surface area contributed by atoms with E-state index in [4.69, 9.17) is 26.1 Å². The lowest BCUT2D eigenvalue weighted by Gasteiger charge is -2.19. The van der Waals surface area contributed by atoms with Gasteiger partial charge in [0.15, 0.2) is 0 Å². The van der Waals surface area contributed by atoms with Crippen molar-refractivity contribution in [2.45, 2.75) is 13.3 Å². The minimum Gasteiger partial charge on any atom is -0.466 e. The van der Waals surface area contributed by atoms with Crippen LogP contribution in [0.25, 0.3) is 0 Å². The summed E-state index contributed by atoms with van der Waals surface area (Å²) < 4.78 is 4.79. The van der Waals surface area contributed by atoms with Gasteiger partial charge in [0.05, 0.1) is 13.0 Å². The molecule has 2 nitrogen and oxygen atoms in total. The first-order valence-electron chi connectivity index (χ1n) is 3.81. The van der Waals surface area contributed by atoms with Gasteiger partial charge < -0.3 is 4.74 Å². The van der Waals surface area contributed by atoms with Crippen LogP contribution < -0.4 is 0 Å². The molecule has 0 bridgehead atoms. The molecule has 0 saturated heterocycles. The van der Waals surface area contributed by atoms with E-state index in [1.54, 1.807) is 24.5 Å². The Hall–Kier alpha value is -0.120. The summed E-state index contributed by atoms with van der Waals surface area (Å²) in [5, 5.41) is 1.71. The molecule has 0 aromatic heterocycles. The number of carbonyl (C=O) groups is 1. The average Bonchev–Trinajstić information content (AvgIpc) is 2.31. The standard InChI is InChI=1S/C8H10Cl2O2S/c1-2-12-8(11)6-7-4-3-5-13(7,9)10/h3-5H,2,6H2,1H3. The quantitative estimate of drug-likeness (QED) is 0.707. The number of hydrogen-bond acceptors (Lipinski definition) is 2. The Morgan fingerprint density at radius 3 is 2.77 bits per heavy atom. The second kappa shape index (κ2) is 4.40. The molecule has 0 aliphatic carbocycles. The molecule has 1 rings (SSSR count). The molecule has 0 radical (unpaired) electrons. The van der Waals surface area contributed by atoms with Crippen LogP contribution in [0.5, 0.6) is 0 Å².